The number of hydrogen-bond donors (Lipinski definition) is 0. The average molecular weight is 395 g/mol. The largest absolute Gasteiger partial charge is 0.573 e. The summed E-state index contributed by atoms with van der Waals surface area (Å²) in [6, 6.07) is 8.72. The van der Waals surface area contributed by atoms with E-state index in [1.807, 2.05) is 0 Å². The second kappa shape index (κ2) is 8.20. The summed E-state index contributed by atoms with van der Waals surface area (Å²) < 4.78 is 59.7. The van der Waals surface area contributed by atoms with E-state index in [9.17, 15) is 22.4 Å². The van der Waals surface area contributed by atoms with Crippen molar-refractivity contribution in [2.75, 3.05) is 0 Å². The van der Waals surface area contributed by atoms with Crippen LogP contribution in [0.4, 0.5) is 17.6 Å². The molecule has 0 bridgehead atoms. The lowest BCUT2D eigenvalue weighted by Crippen LogP contribution is -2.17. The van der Waals surface area contributed by atoms with Gasteiger partial charge in [-0.2, -0.15) is 0 Å². The monoisotopic (exact) mass is 395 g/mol. The number of hydrogen-bond acceptors (Lipinski definition) is 3. The average Bonchev–Trinajstić information content (AvgIpc) is 2.62. The fourth-order valence-corrected chi connectivity index (χ4v) is 3.17. The maximum Gasteiger partial charge on any atom is 0.573 e. The van der Waals surface area contributed by atoms with Crippen molar-refractivity contribution in [3.05, 3.63) is 65.3 Å². The first-order valence-corrected chi connectivity index (χ1v) is 8.94. The van der Waals surface area contributed by atoms with Gasteiger partial charge in [-0.3, -0.25) is 0 Å². The van der Waals surface area contributed by atoms with Crippen LogP contribution in [0.15, 0.2) is 42.5 Å². The van der Waals surface area contributed by atoms with Gasteiger partial charge in [0.05, 0.1) is 5.56 Å². The molecule has 0 unspecified atom stereocenters. The first-order chi connectivity index (χ1) is 13.2. The highest BCUT2D eigenvalue weighted by Gasteiger charge is 2.31. The second-order valence-electron chi connectivity index (χ2n) is 6.89. The standard InChI is InChI=1S/C21H19F4O3/c1-13-2-4-14(5-3-13)15-6-11-18(19(22)12-15)20(26)27-16-7-9-17(10-8-16)28-21(23,24)25/h6-13H,2-5H2,1H3. The van der Waals surface area contributed by atoms with Crippen LogP contribution in [0.25, 0.3) is 0 Å². The Morgan fingerprint density at radius 2 is 1.61 bits per heavy atom. The fourth-order valence-electron chi connectivity index (χ4n) is 3.17. The van der Waals surface area contributed by atoms with Crippen LogP contribution in [0.2, 0.25) is 0 Å². The molecule has 1 aliphatic rings. The molecule has 1 fully saturated rings. The van der Waals surface area contributed by atoms with Crippen molar-refractivity contribution in [2.24, 2.45) is 5.92 Å². The first-order valence-electron chi connectivity index (χ1n) is 8.94. The normalized spacial score (nSPS) is 16.0. The number of ether oxygens (including phenoxy) is 2. The van der Waals surface area contributed by atoms with Crippen molar-refractivity contribution in [1.29, 1.82) is 0 Å². The summed E-state index contributed by atoms with van der Waals surface area (Å²) in [6.45, 7) is 2.19. The van der Waals surface area contributed by atoms with Crippen LogP contribution in [0.3, 0.4) is 0 Å². The smallest absolute Gasteiger partial charge is 0.423 e. The SMILES string of the molecule is CC1CC[C](c2ccc(C(=O)Oc3ccc(OC(F)(F)F)cc3)c(F)c2)CC1. The van der Waals surface area contributed by atoms with Gasteiger partial charge in [0.15, 0.2) is 0 Å². The van der Waals surface area contributed by atoms with Crippen LogP contribution in [0.1, 0.15) is 48.5 Å². The number of esters is 1. The van der Waals surface area contributed by atoms with Crippen molar-refractivity contribution in [1.82, 2.24) is 0 Å². The van der Waals surface area contributed by atoms with Crippen molar-refractivity contribution < 1.29 is 31.8 Å². The summed E-state index contributed by atoms with van der Waals surface area (Å²) in [5, 5.41) is 0. The Balaban J connectivity index is 1.65. The molecule has 7 heteroatoms. The summed E-state index contributed by atoms with van der Waals surface area (Å²) in [5.41, 5.74) is 0.554. The Morgan fingerprint density at radius 1 is 1.00 bits per heavy atom. The molecule has 0 aliphatic heterocycles. The van der Waals surface area contributed by atoms with E-state index >= 15 is 0 Å². The van der Waals surface area contributed by atoms with E-state index in [1.54, 1.807) is 6.07 Å². The van der Waals surface area contributed by atoms with Gasteiger partial charge >= 0.3 is 12.3 Å². The van der Waals surface area contributed by atoms with Gasteiger partial charge in [0.2, 0.25) is 0 Å². The van der Waals surface area contributed by atoms with E-state index in [1.165, 1.54) is 18.1 Å². The molecule has 2 aromatic rings. The number of benzene rings is 2. The minimum Gasteiger partial charge on any atom is -0.423 e. The van der Waals surface area contributed by atoms with Crippen LogP contribution in [-0.4, -0.2) is 12.3 Å². The van der Waals surface area contributed by atoms with Gasteiger partial charge in [0.25, 0.3) is 0 Å². The molecule has 0 spiro atoms. The van der Waals surface area contributed by atoms with Gasteiger partial charge in [0, 0.05) is 5.92 Å². The lowest BCUT2D eigenvalue weighted by atomic mass is 9.79. The maximum atomic E-state index is 14.4. The van der Waals surface area contributed by atoms with Crippen LogP contribution >= 0.6 is 0 Å². The summed E-state index contributed by atoms with van der Waals surface area (Å²) in [6.07, 6.45) is -0.853. The van der Waals surface area contributed by atoms with E-state index < -0.39 is 23.9 Å². The van der Waals surface area contributed by atoms with Gasteiger partial charge in [0.1, 0.15) is 17.3 Å². The lowest BCUT2D eigenvalue weighted by Gasteiger charge is -2.26. The Kier molecular flexibility index (Phi) is 5.91. The Labute approximate surface area is 160 Å². The number of carbonyl (C=O) groups is 1. The third kappa shape index (κ3) is 5.24. The topological polar surface area (TPSA) is 35.5 Å². The molecule has 1 radical (unpaired) electrons. The highest BCUT2D eigenvalue weighted by molar-refractivity contribution is 5.91. The predicted octanol–water partition coefficient (Wildman–Crippen LogP) is 6.08. The molecule has 0 aromatic heterocycles. The van der Waals surface area contributed by atoms with E-state index in [0.717, 1.165) is 55.5 Å². The van der Waals surface area contributed by atoms with E-state index in [4.69, 9.17) is 4.74 Å². The molecule has 1 aliphatic carbocycles. The van der Waals surface area contributed by atoms with E-state index in [2.05, 4.69) is 11.7 Å². The van der Waals surface area contributed by atoms with Crippen LogP contribution in [0.5, 0.6) is 11.5 Å². The highest BCUT2D eigenvalue weighted by atomic mass is 19.4. The molecule has 149 valence electrons. The summed E-state index contributed by atoms with van der Waals surface area (Å²) in [7, 11) is 0. The summed E-state index contributed by atoms with van der Waals surface area (Å²) in [5.74, 6) is -0.227. The van der Waals surface area contributed by atoms with Gasteiger partial charge in [-0.25, -0.2) is 9.18 Å². The molecular weight excluding hydrogens is 376 g/mol. The summed E-state index contributed by atoms with van der Waals surface area (Å²) >= 11 is 0. The highest BCUT2D eigenvalue weighted by Crippen LogP contribution is 2.35. The van der Waals surface area contributed by atoms with Crippen molar-refractivity contribution in [2.45, 2.75) is 39.0 Å². The zero-order valence-electron chi connectivity index (χ0n) is 15.2. The molecule has 0 N–H and O–H groups in total. The Hall–Kier alpha value is -2.57. The molecule has 0 amide bonds. The Morgan fingerprint density at radius 3 is 2.18 bits per heavy atom. The van der Waals surface area contributed by atoms with Gasteiger partial charge in [-0.15, -0.1) is 13.2 Å². The molecule has 0 saturated heterocycles. The molecule has 2 aromatic carbocycles. The molecule has 3 nitrogen and oxygen atoms in total. The lowest BCUT2D eigenvalue weighted by molar-refractivity contribution is -0.274. The second-order valence-corrected chi connectivity index (χ2v) is 6.89. The summed E-state index contributed by atoms with van der Waals surface area (Å²) in [4.78, 5) is 12.2. The first kappa shape index (κ1) is 20.2. The number of carbonyl (C=O) groups excluding carboxylic acids is 1. The number of halogens is 4. The minimum absolute atomic E-state index is 0.0151. The molecule has 1 saturated carbocycles. The van der Waals surface area contributed by atoms with Crippen molar-refractivity contribution in [3.8, 4) is 11.5 Å². The molecule has 0 heterocycles. The number of alkyl halides is 3. The van der Waals surface area contributed by atoms with E-state index in [0.29, 0.717) is 5.92 Å². The third-order valence-electron chi connectivity index (χ3n) is 4.74. The molecule has 3 rings (SSSR count). The van der Waals surface area contributed by atoms with Gasteiger partial charge in [-0.05, 0) is 73.6 Å². The quantitative estimate of drug-likeness (QED) is 0.358. The Bertz CT molecular complexity index is 823. The molecular formula is C21H19F4O3. The van der Waals surface area contributed by atoms with E-state index in [-0.39, 0.29) is 11.3 Å². The van der Waals surface area contributed by atoms with Crippen LogP contribution in [0, 0.1) is 17.7 Å². The molecule has 0 atom stereocenters. The minimum atomic E-state index is -4.81. The zero-order valence-corrected chi connectivity index (χ0v) is 15.2. The van der Waals surface area contributed by atoms with Crippen LogP contribution in [-0.2, 0) is 0 Å². The van der Waals surface area contributed by atoms with Crippen LogP contribution < -0.4 is 9.47 Å². The maximum absolute atomic E-state index is 14.4. The van der Waals surface area contributed by atoms with Gasteiger partial charge in [-0.1, -0.05) is 13.0 Å². The van der Waals surface area contributed by atoms with Gasteiger partial charge < -0.3 is 9.47 Å². The number of rotatable bonds is 4. The zero-order chi connectivity index (χ0) is 20.3. The predicted molar refractivity (Wildman–Crippen MR) is 94.5 cm³/mol. The fraction of sp³-hybridized carbons (Fsp3) is 0.333. The third-order valence-corrected chi connectivity index (χ3v) is 4.74. The van der Waals surface area contributed by atoms with Crippen molar-refractivity contribution in [3.63, 3.8) is 0 Å². The van der Waals surface area contributed by atoms with Crippen molar-refractivity contribution >= 4 is 5.97 Å². The molecule has 28 heavy (non-hydrogen) atoms.